The molecule has 9 heteroatoms. The van der Waals surface area contributed by atoms with Crippen LogP contribution in [-0.4, -0.2) is 12.5 Å². The Morgan fingerprint density at radius 3 is 2.36 bits per heavy atom. The van der Waals surface area contributed by atoms with Crippen molar-refractivity contribution < 1.29 is 26.7 Å². The Labute approximate surface area is 144 Å². The van der Waals surface area contributed by atoms with E-state index in [-0.39, 0.29) is 23.7 Å². The second kappa shape index (κ2) is 7.69. The normalized spacial score (nSPS) is 11.3. The zero-order chi connectivity index (χ0) is 18.6. The summed E-state index contributed by atoms with van der Waals surface area (Å²) < 4.78 is 65.0. The first-order valence-corrected chi connectivity index (χ1v) is 7.40. The van der Waals surface area contributed by atoms with Crippen LogP contribution in [0.15, 0.2) is 36.4 Å². The van der Waals surface area contributed by atoms with Gasteiger partial charge in [0.25, 0.3) is 0 Å². The summed E-state index contributed by atoms with van der Waals surface area (Å²) in [7, 11) is 0. The number of nitrogens with one attached hydrogen (secondary N) is 2. The molecule has 0 radical (unpaired) electrons. The summed E-state index contributed by atoms with van der Waals surface area (Å²) >= 11 is 5.55. The number of alkyl halides is 3. The Morgan fingerprint density at radius 1 is 1.04 bits per heavy atom. The predicted octanol–water partition coefficient (Wildman–Crippen LogP) is 5.08. The molecule has 2 rings (SSSR count). The summed E-state index contributed by atoms with van der Waals surface area (Å²) in [5.41, 5.74) is -1.50. The van der Waals surface area contributed by atoms with E-state index in [4.69, 9.17) is 11.6 Å². The van der Waals surface area contributed by atoms with Crippen LogP contribution in [0.3, 0.4) is 0 Å². The standard InChI is InChI=1S/C16H12ClF5N2O/c17-9-1-3-13(11(7-9)16(20,21)22)24-15(25)5-6-23-14-4-2-10(18)8-12(14)19/h1-4,7-8,23H,5-6H2,(H,24,25). The average molecular weight is 379 g/mol. The molecular formula is C16H12ClF5N2O. The number of carbonyl (C=O) groups excluding carboxylic acids is 1. The fourth-order valence-electron chi connectivity index (χ4n) is 2.02. The topological polar surface area (TPSA) is 41.1 Å². The fourth-order valence-corrected chi connectivity index (χ4v) is 2.19. The molecule has 0 aromatic heterocycles. The van der Waals surface area contributed by atoms with E-state index in [1.165, 1.54) is 6.07 Å². The zero-order valence-electron chi connectivity index (χ0n) is 12.6. The molecule has 0 aliphatic carbocycles. The Morgan fingerprint density at radius 2 is 1.72 bits per heavy atom. The molecule has 2 aromatic rings. The van der Waals surface area contributed by atoms with E-state index in [1.54, 1.807) is 0 Å². The molecule has 0 bridgehead atoms. The minimum atomic E-state index is -4.68. The third-order valence-electron chi connectivity index (χ3n) is 3.16. The Kier molecular flexibility index (Phi) is 5.84. The van der Waals surface area contributed by atoms with Gasteiger partial charge in [-0.25, -0.2) is 8.78 Å². The van der Waals surface area contributed by atoms with Gasteiger partial charge in [-0.3, -0.25) is 4.79 Å². The molecular weight excluding hydrogens is 367 g/mol. The van der Waals surface area contributed by atoms with Crippen molar-refractivity contribution in [2.75, 3.05) is 17.2 Å². The SMILES string of the molecule is O=C(CCNc1ccc(F)cc1F)Nc1ccc(Cl)cc1C(F)(F)F. The van der Waals surface area contributed by atoms with Crippen molar-refractivity contribution in [3.8, 4) is 0 Å². The van der Waals surface area contributed by atoms with Gasteiger partial charge in [0.1, 0.15) is 11.6 Å². The van der Waals surface area contributed by atoms with Gasteiger partial charge >= 0.3 is 6.18 Å². The van der Waals surface area contributed by atoms with Crippen molar-refractivity contribution in [2.45, 2.75) is 12.6 Å². The number of anilines is 2. The fraction of sp³-hybridized carbons (Fsp3) is 0.188. The highest BCUT2D eigenvalue weighted by Gasteiger charge is 2.34. The molecule has 0 unspecified atom stereocenters. The van der Waals surface area contributed by atoms with Crippen LogP contribution in [-0.2, 0) is 11.0 Å². The summed E-state index contributed by atoms with van der Waals surface area (Å²) in [5, 5.41) is 4.60. The molecule has 0 spiro atoms. The first-order valence-electron chi connectivity index (χ1n) is 7.02. The van der Waals surface area contributed by atoms with Gasteiger partial charge in [-0.05, 0) is 30.3 Å². The van der Waals surface area contributed by atoms with Crippen molar-refractivity contribution in [1.82, 2.24) is 0 Å². The lowest BCUT2D eigenvalue weighted by Crippen LogP contribution is -2.19. The molecule has 0 saturated carbocycles. The van der Waals surface area contributed by atoms with Crippen LogP contribution >= 0.6 is 11.6 Å². The molecule has 2 N–H and O–H groups in total. The largest absolute Gasteiger partial charge is 0.418 e. The van der Waals surface area contributed by atoms with Crippen molar-refractivity contribution in [3.63, 3.8) is 0 Å². The van der Waals surface area contributed by atoms with Gasteiger partial charge in [-0.1, -0.05) is 11.6 Å². The highest BCUT2D eigenvalue weighted by molar-refractivity contribution is 6.30. The molecule has 134 valence electrons. The summed E-state index contributed by atoms with van der Waals surface area (Å²) in [6.45, 7) is -0.0523. The van der Waals surface area contributed by atoms with E-state index in [9.17, 15) is 26.7 Å². The lowest BCUT2D eigenvalue weighted by atomic mass is 10.1. The third-order valence-corrected chi connectivity index (χ3v) is 3.39. The van der Waals surface area contributed by atoms with Crippen LogP contribution in [0.1, 0.15) is 12.0 Å². The van der Waals surface area contributed by atoms with E-state index in [2.05, 4.69) is 10.6 Å². The van der Waals surface area contributed by atoms with Crippen LogP contribution in [0.25, 0.3) is 0 Å². The van der Waals surface area contributed by atoms with Gasteiger partial charge in [0, 0.05) is 24.1 Å². The molecule has 3 nitrogen and oxygen atoms in total. The number of benzene rings is 2. The van der Waals surface area contributed by atoms with E-state index in [1.807, 2.05) is 0 Å². The number of hydrogen-bond acceptors (Lipinski definition) is 2. The lowest BCUT2D eigenvalue weighted by Gasteiger charge is -2.14. The van der Waals surface area contributed by atoms with Crippen molar-refractivity contribution in [3.05, 3.63) is 58.6 Å². The van der Waals surface area contributed by atoms with Gasteiger partial charge in [-0.2, -0.15) is 13.2 Å². The van der Waals surface area contributed by atoms with Crippen LogP contribution in [0.2, 0.25) is 5.02 Å². The van der Waals surface area contributed by atoms with Gasteiger partial charge < -0.3 is 10.6 Å². The maximum Gasteiger partial charge on any atom is 0.418 e. The lowest BCUT2D eigenvalue weighted by molar-refractivity contribution is -0.137. The van der Waals surface area contributed by atoms with Crippen LogP contribution in [0.5, 0.6) is 0 Å². The molecule has 2 aromatic carbocycles. The number of amides is 1. The Hall–Kier alpha value is -2.35. The molecule has 0 aliphatic heterocycles. The second-order valence-electron chi connectivity index (χ2n) is 5.04. The summed E-state index contributed by atoms with van der Waals surface area (Å²) in [6, 6.07) is 5.85. The monoisotopic (exact) mass is 378 g/mol. The highest BCUT2D eigenvalue weighted by atomic mass is 35.5. The first kappa shape index (κ1) is 19.0. The van der Waals surface area contributed by atoms with E-state index in [0.29, 0.717) is 12.1 Å². The zero-order valence-corrected chi connectivity index (χ0v) is 13.3. The van der Waals surface area contributed by atoms with Crippen LogP contribution < -0.4 is 10.6 Å². The number of rotatable bonds is 5. The summed E-state index contributed by atoms with van der Waals surface area (Å²) in [6.07, 6.45) is -4.90. The quantitative estimate of drug-likeness (QED) is 0.712. The summed E-state index contributed by atoms with van der Waals surface area (Å²) in [4.78, 5) is 11.8. The Balaban J connectivity index is 1.97. The van der Waals surface area contributed by atoms with E-state index < -0.39 is 35.0 Å². The molecule has 0 fully saturated rings. The van der Waals surface area contributed by atoms with Gasteiger partial charge in [0.05, 0.1) is 16.9 Å². The third kappa shape index (κ3) is 5.32. The summed E-state index contributed by atoms with van der Waals surface area (Å²) in [5.74, 6) is -2.29. The second-order valence-corrected chi connectivity index (χ2v) is 5.47. The minimum absolute atomic E-state index is 0.0170. The smallest absolute Gasteiger partial charge is 0.382 e. The van der Waals surface area contributed by atoms with Crippen molar-refractivity contribution in [2.24, 2.45) is 0 Å². The molecule has 1 amide bonds. The Bertz CT molecular complexity index is 780. The number of hydrogen-bond donors (Lipinski definition) is 2. The minimum Gasteiger partial charge on any atom is -0.382 e. The first-order chi connectivity index (χ1) is 11.7. The van der Waals surface area contributed by atoms with Gasteiger partial charge in [0.2, 0.25) is 5.91 Å². The molecule has 0 atom stereocenters. The van der Waals surface area contributed by atoms with E-state index in [0.717, 1.165) is 18.2 Å². The van der Waals surface area contributed by atoms with Crippen LogP contribution in [0, 0.1) is 11.6 Å². The van der Waals surface area contributed by atoms with Gasteiger partial charge in [0.15, 0.2) is 0 Å². The molecule has 0 saturated heterocycles. The van der Waals surface area contributed by atoms with Crippen molar-refractivity contribution >= 4 is 28.9 Å². The molecule has 25 heavy (non-hydrogen) atoms. The highest BCUT2D eigenvalue weighted by Crippen LogP contribution is 2.36. The number of halogens is 6. The van der Waals surface area contributed by atoms with Crippen LogP contribution in [0.4, 0.5) is 33.3 Å². The van der Waals surface area contributed by atoms with Gasteiger partial charge in [-0.15, -0.1) is 0 Å². The van der Waals surface area contributed by atoms with Crippen molar-refractivity contribution in [1.29, 1.82) is 0 Å². The van der Waals surface area contributed by atoms with E-state index >= 15 is 0 Å². The maximum absolute atomic E-state index is 13.4. The number of carbonyl (C=O) groups is 1. The molecule has 0 heterocycles. The maximum atomic E-state index is 13.4. The predicted molar refractivity (Wildman–Crippen MR) is 84.5 cm³/mol. The molecule has 0 aliphatic rings. The average Bonchev–Trinajstić information content (AvgIpc) is 2.50.